The molecule has 0 unspecified atom stereocenters. The third kappa shape index (κ3) is 1.68. The summed E-state index contributed by atoms with van der Waals surface area (Å²) in [7, 11) is 0. The number of hydrogen-bond acceptors (Lipinski definition) is 5. The van der Waals surface area contributed by atoms with Gasteiger partial charge in [-0.2, -0.15) is 11.3 Å². The van der Waals surface area contributed by atoms with E-state index in [1.807, 2.05) is 0 Å². The highest BCUT2D eigenvalue weighted by Crippen LogP contribution is 2.24. The quantitative estimate of drug-likeness (QED) is 0.846. The summed E-state index contributed by atoms with van der Waals surface area (Å²) in [6.45, 7) is 0. The summed E-state index contributed by atoms with van der Waals surface area (Å²) in [5, 5.41) is 20.9. The van der Waals surface area contributed by atoms with Crippen LogP contribution in [0.5, 0.6) is 0 Å². The second kappa shape index (κ2) is 3.78. The van der Waals surface area contributed by atoms with Crippen LogP contribution in [0, 0.1) is 0 Å². The first kappa shape index (κ1) is 10.4. The molecule has 2 N–H and O–H groups in total. The van der Waals surface area contributed by atoms with E-state index in [9.17, 15) is 9.59 Å². The van der Waals surface area contributed by atoms with Crippen LogP contribution in [-0.2, 0) is 0 Å². The molecule has 0 amide bonds. The molecule has 0 aliphatic carbocycles. The Morgan fingerprint density at radius 2 is 2.06 bits per heavy atom. The lowest BCUT2D eigenvalue weighted by molar-refractivity contribution is 0.0624. The van der Waals surface area contributed by atoms with Crippen LogP contribution in [0.4, 0.5) is 0 Å². The zero-order chi connectivity index (χ0) is 11.7. The van der Waals surface area contributed by atoms with E-state index in [1.54, 1.807) is 16.8 Å². The summed E-state index contributed by atoms with van der Waals surface area (Å²) >= 11 is 1.37. The van der Waals surface area contributed by atoms with E-state index < -0.39 is 23.4 Å². The molecule has 16 heavy (non-hydrogen) atoms. The van der Waals surface area contributed by atoms with Gasteiger partial charge in [0.25, 0.3) is 0 Å². The monoisotopic (exact) mass is 239 g/mol. The molecule has 0 bridgehead atoms. The van der Waals surface area contributed by atoms with Gasteiger partial charge in [0.15, 0.2) is 0 Å². The predicted octanol–water partition coefficient (Wildman–Crippen LogP) is 1.80. The van der Waals surface area contributed by atoms with Gasteiger partial charge in [-0.05, 0) is 11.4 Å². The molecule has 0 aromatic carbocycles. The van der Waals surface area contributed by atoms with E-state index in [0.29, 0.717) is 5.56 Å². The fraction of sp³-hybridized carbons (Fsp3) is 0. The van der Waals surface area contributed by atoms with Crippen molar-refractivity contribution in [2.24, 2.45) is 0 Å². The van der Waals surface area contributed by atoms with Gasteiger partial charge in [0.05, 0.1) is 0 Å². The molecule has 0 aliphatic heterocycles. The minimum absolute atomic E-state index is 0.00366. The van der Waals surface area contributed by atoms with Crippen LogP contribution in [0.15, 0.2) is 21.2 Å². The lowest BCUT2D eigenvalue weighted by Gasteiger charge is -1.87. The zero-order valence-corrected chi connectivity index (χ0v) is 8.52. The number of carboxylic acids is 2. The Hall–Kier alpha value is -2.15. The number of oxazole rings is 1. The molecule has 0 atom stereocenters. The van der Waals surface area contributed by atoms with Crippen molar-refractivity contribution in [3.63, 3.8) is 0 Å². The Labute approximate surface area is 92.8 Å². The number of aromatic carboxylic acids is 2. The van der Waals surface area contributed by atoms with Crippen molar-refractivity contribution >= 4 is 23.3 Å². The molecular formula is C9H5NO5S. The van der Waals surface area contributed by atoms with Crippen molar-refractivity contribution in [2.75, 3.05) is 0 Å². The van der Waals surface area contributed by atoms with Gasteiger partial charge in [0, 0.05) is 10.9 Å². The van der Waals surface area contributed by atoms with E-state index in [4.69, 9.17) is 14.6 Å². The van der Waals surface area contributed by atoms with E-state index in [2.05, 4.69) is 4.98 Å². The van der Waals surface area contributed by atoms with Gasteiger partial charge in [-0.15, -0.1) is 0 Å². The van der Waals surface area contributed by atoms with Gasteiger partial charge < -0.3 is 14.6 Å². The van der Waals surface area contributed by atoms with E-state index in [-0.39, 0.29) is 5.89 Å². The van der Waals surface area contributed by atoms with Crippen molar-refractivity contribution in [3.05, 3.63) is 28.3 Å². The maximum absolute atomic E-state index is 10.7. The van der Waals surface area contributed by atoms with Crippen LogP contribution < -0.4 is 0 Å². The highest BCUT2D eigenvalue weighted by Gasteiger charge is 2.25. The number of carbonyl (C=O) groups is 2. The summed E-state index contributed by atoms with van der Waals surface area (Å²) in [6, 6.07) is 1.66. The van der Waals surface area contributed by atoms with Crippen LogP contribution in [0.3, 0.4) is 0 Å². The first-order valence-electron chi connectivity index (χ1n) is 4.09. The van der Waals surface area contributed by atoms with Gasteiger partial charge in [0.1, 0.15) is 0 Å². The van der Waals surface area contributed by atoms with Gasteiger partial charge in [-0.25, -0.2) is 14.6 Å². The topological polar surface area (TPSA) is 101 Å². The summed E-state index contributed by atoms with van der Waals surface area (Å²) in [5.41, 5.74) is -0.0336. The Morgan fingerprint density at radius 1 is 1.31 bits per heavy atom. The summed E-state index contributed by atoms with van der Waals surface area (Å²) in [5.74, 6) is -3.54. The Bertz CT molecular complexity index is 511. The zero-order valence-electron chi connectivity index (χ0n) is 7.71. The van der Waals surface area contributed by atoms with Gasteiger partial charge in [0.2, 0.25) is 17.3 Å². The van der Waals surface area contributed by atoms with Crippen LogP contribution in [0.1, 0.15) is 21.0 Å². The lowest BCUT2D eigenvalue weighted by atomic mass is 10.3. The van der Waals surface area contributed by atoms with Crippen LogP contribution in [0.25, 0.3) is 11.5 Å². The average molecular weight is 239 g/mol. The van der Waals surface area contributed by atoms with Crippen molar-refractivity contribution in [1.29, 1.82) is 0 Å². The molecule has 0 saturated carbocycles. The van der Waals surface area contributed by atoms with Crippen LogP contribution in [0.2, 0.25) is 0 Å². The number of nitrogens with zero attached hydrogens (tertiary/aromatic N) is 1. The molecule has 0 fully saturated rings. The Balaban J connectivity index is 2.55. The first-order chi connectivity index (χ1) is 7.59. The third-order valence-electron chi connectivity index (χ3n) is 1.79. The maximum Gasteiger partial charge on any atom is 0.374 e. The molecule has 2 heterocycles. The molecular weight excluding hydrogens is 234 g/mol. The highest BCUT2D eigenvalue weighted by atomic mass is 32.1. The van der Waals surface area contributed by atoms with E-state index in [1.165, 1.54) is 11.3 Å². The molecule has 7 heteroatoms. The fourth-order valence-corrected chi connectivity index (χ4v) is 1.75. The second-order valence-electron chi connectivity index (χ2n) is 2.82. The van der Waals surface area contributed by atoms with Crippen LogP contribution in [-0.4, -0.2) is 27.1 Å². The molecule has 2 aromatic rings. The summed E-state index contributed by atoms with van der Waals surface area (Å²) in [6.07, 6.45) is 0. The Kier molecular flexibility index (Phi) is 2.45. The minimum atomic E-state index is -1.45. The van der Waals surface area contributed by atoms with Crippen molar-refractivity contribution in [2.45, 2.75) is 0 Å². The molecule has 82 valence electrons. The SMILES string of the molecule is O=C(O)c1nc(-c2ccsc2)oc1C(=O)O. The molecule has 0 saturated heterocycles. The van der Waals surface area contributed by atoms with Gasteiger partial charge >= 0.3 is 11.9 Å². The lowest BCUT2D eigenvalue weighted by Crippen LogP contribution is -2.05. The largest absolute Gasteiger partial charge is 0.476 e. The van der Waals surface area contributed by atoms with E-state index in [0.717, 1.165) is 0 Å². The third-order valence-corrected chi connectivity index (χ3v) is 2.48. The summed E-state index contributed by atoms with van der Waals surface area (Å²) < 4.78 is 4.90. The predicted molar refractivity (Wildman–Crippen MR) is 53.7 cm³/mol. The molecule has 0 aliphatic rings. The normalized spacial score (nSPS) is 10.2. The maximum atomic E-state index is 10.7. The number of rotatable bonds is 3. The Morgan fingerprint density at radius 3 is 2.50 bits per heavy atom. The molecule has 2 rings (SSSR count). The minimum Gasteiger partial charge on any atom is -0.476 e. The van der Waals surface area contributed by atoms with Gasteiger partial charge in [-0.1, -0.05) is 0 Å². The molecule has 2 aromatic heterocycles. The summed E-state index contributed by atoms with van der Waals surface area (Å²) in [4.78, 5) is 25.1. The molecule has 0 radical (unpaired) electrons. The van der Waals surface area contributed by atoms with Crippen molar-refractivity contribution in [3.8, 4) is 11.5 Å². The smallest absolute Gasteiger partial charge is 0.374 e. The molecule has 6 nitrogen and oxygen atoms in total. The fourth-order valence-electron chi connectivity index (χ4n) is 1.12. The average Bonchev–Trinajstić information content (AvgIpc) is 2.86. The van der Waals surface area contributed by atoms with Crippen molar-refractivity contribution < 1.29 is 24.2 Å². The number of carboxylic acid groups (broad SMARTS) is 2. The van der Waals surface area contributed by atoms with Crippen LogP contribution >= 0.6 is 11.3 Å². The number of thiophene rings is 1. The number of aromatic nitrogens is 1. The standard InChI is InChI=1S/C9H5NO5S/c11-8(12)5-6(9(13)14)15-7(10-5)4-1-2-16-3-4/h1-3H,(H,11,12)(H,13,14). The number of hydrogen-bond donors (Lipinski definition) is 2. The van der Waals surface area contributed by atoms with Gasteiger partial charge in [-0.3, -0.25) is 0 Å². The highest BCUT2D eigenvalue weighted by molar-refractivity contribution is 7.08. The van der Waals surface area contributed by atoms with E-state index >= 15 is 0 Å². The first-order valence-corrected chi connectivity index (χ1v) is 5.04. The molecule has 0 spiro atoms. The van der Waals surface area contributed by atoms with Crippen molar-refractivity contribution in [1.82, 2.24) is 4.98 Å². The second-order valence-corrected chi connectivity index (χ2v) is 3.60.